The molecule has 1 fully saturated rings. The minimum atomic E-state index is 0.262. The summed E-state index contributed by atoms with van der Waals surface area (Å²) in [5.41, 5.74) is 1.43. The molecule has 0 heterocycles. The number of nitrogens with one attached hydrogen (secondary N) is 1. The maximum Gasteiger partial charge on any atom is 0.220 e. The number of unbranched alkanes of at least 4 members (excludes halogenated alkanes) is 19. The predicted octanol–water partition coefficient (Wildman–Crippen LogP) is 10.5. The fraction of sp³-hybridized carbons (Fsp3) is 0.800. The molecule has 1 aliphatic carbocycles. The highest BCUT2D eigenvalue weighted by molar-refractivity contribution is 5.76. The molecule has 0 saturated heterocycles. The van der Waals surface area contributed by atoms with E-state index in [1.165, 1.54) is 147 Å². The van der Waals surface area contributed by atoms with Gasteiger partial charge in [0.1, 0.15) is 5.75 Å². The molecule has 1 N–H and O–H groups in total. The van der Waals surface area contributed by atoms with E-state index in [-0.39, 0.29) is 5.91 Å². The second kappa shape index (κ2) is 23.4. The summed E-state index contributed by atoms with van der Waals surface area (Å²) in [7, 11) is 0. The van der Waals surface area contributed by atoms with Gasteiger partial charge in [0.25, 0.3) is 0 Å². The van der Waals surface area contributed by atoms with Crippen molar-refractivity contribution in [3.05, 3.63) is 29.8 Å². The molecular weight excluding hydrogens is 466 g/mol. The lowest BCUT2D eigenvalue weighted by atomic mass is 10.0. The van der Waals surface area contributed by atoms with Crippen molar-refractivity contribution in [1.29, 1.82) is 0 Å². The lowest BCUT2D eigenvalue weighted by Crippen LogP contribution is -2.24. The van der Waals surface area contributed by atoms with Crippen LogP contribution in [-0.2, 0) is 11.2 Å². The molecular formula is C35H61NO2. The van der Waals surface area contributed by atoms with Crippen LogP contribution in [0.5, 0.6) is 5.75 Å². The number of aryl methyl sites for hydroxylation is 1. The zero-order valence-corrected chi connectivity index (χ0v) is 25.1. The van der Waals surface area contributed by atoms with Crippen molar-refractivity contribution < 1.29 is 9.53 Å². The number of rotatable bonds is 27. The first-order valence-electron chi connectivity index (χ1n) is 16.8. The lowest BCUT2D eigenvalue weighted by Gasteiger charge is -2.08. The van der Waals surface area contributed by atoms with Crippen LogP contribution < -0.4 is 10.1 Å². The number of benzene rings is 1. The third kappa shape index (κ3) is 19.5. The van der Waals surface area contributed by atoms with E-state index in [1.807, 2.05) is 0 Å². The molecule has 218 valence electrons. The number of hydrogen-bond acceptors (Lipinski definition) is 2. The molecule has 0 spiro atoms. The molecule has 3 nitrogen and oxygen atoms in total. The Morgan fingerprint density at radius 3 is 1.82 bits per heavy atom. The van der Waals surface area contributed by atoms with Gasteiger partial charge in [-0.1, -0.05) is 135 Å². The third-order valence-electron chi connectivity index (χ3n) is 7.98. The van der Waals surface area contributed by atoms with Crippen LogP contribution in [0.1, 0.15) is 167 Å². The van der Waals surface area contributed by atoms with Crippen molar-refractivity contribution in [2.75, 3.05) is 6.61 Å². The first kappa shape index (κ1) is 32.7. The van der Waals surface area contributed by atoms with Gasteiger partial charge in [0.15, 0.2) is 0 Å². The van der Waals surface area contributed by atoms with Crippen molar-refractivity contribution in [2.45, 2.75) is 173 Å². The van der Waals surface area contributed by atoms with E-state index in [0.717, 1.165) is 25.2 Å². The lowest BCUT2D eigenvalue weighted by molar-refractivity contribution is -0.121. The second-order valence-corrected chi connectivity index (χ2v) is 11.9. The minimum absolute atomic E-state index is 0.262. The minimum Gasteiger partial charge on any atom is -0.494 e. The molecule has 0 aliphatic heterocycles. The first-order valence-corrected chi connectivity index (χ1v) is 16.8. The second-order valence-electron chi connectivity index (χ2n) is 11.9. The summed E-state index contributed by atoms with van der Waals surface area (Å²) in [5, 5.41) is 3.08. The van der Waals surface area contributed by atoms with Gasteiger partial charge >= 0.3 is 0 Å². The number of hydrogen-bond donors (Lipinski definition) is 1. The zero-order valence-electron chi connectivity index (χ0n) is 25.1. The number of amides is 1. The van der Waals surface area contributed by atoms with Crippen LogP contribution >= 0.6 is 0 Å². The SMILES string of the molecule is CCCCCCCCCCCCCCCc1cccc(OCCCCCCCCCCC(=O)NC2CC2)c1. The fourth-order valence-electron chi connectivity index (χ4n) is 5.30. The van der Waals surface area contributed by atoms with Gasteiger partial charge < -0.3 is 10.1 Å². The highest BCUT2D eigenvalue weighted by Gasteiger charge is 2.22. The monoisotopic (exact) mass is 527 g/mol. The van der Waals surface area contributed by atoms with Gasteiger partial charge in [0, 0.05) is 12.5 Å². The van der Waals surface area contributed by atoms with Crippen LogP contribution in [0.3, 0.4) is 0 Å². The van der Waals surface area contributed by atoms with Crippen molar-refractivity contribution in [3.63, 3.8) is 0 Å². The van der Waals surface area contributed by atoms with E-state index in [9.17, 15) is 4.79 Å². The average Bonchev–Trinajstić information content (AvgIpc) is 3.74. The molecule has 0 radical (unpaired) electrons. The highest BCUT2D eigenvalue weighted by atomic mass is 16.5. The molecule has 3 heteroatoms. The van der Waals surface area contributed by atoms with Crippen LogP contribution in [0.2, 0.25) is 0 Å². The topological polar surface area (TPSA) is 38.3 Å². The zero-order chi connectivity index (χ0) is 26.9. The summed E-state index contributed by atoms with van der Waals surface area (Å²) < 4.78 is 6.04. The van der Waals surface area contributed by atoms with E-state index in [2.05, 4.69) is 36.5 Å². The van der Waals surface area contributed by atoms with E-state index in [0.29, 0.717) is 12.5 Å². The summed E-state index contributed by atoms with van der Waals surface area (Å²) >= 11 is 0. The summed E-state index contributed by atoms with van der Waals surface area (Å²) in [6.45, 7) is 3.12. The van der Waals surface area contributed by atoms with Gasteiger partial charge in [-0.05, 0) is 56.2 Å². The summed E-state index contributed by atoms with van der Waals surface area (Å²) in [5.74, 6) is 1.31. The number of carbonyl (C=O) groups is 1. The standard InChI is InChI=1S/C35H61NO2/c1-2-3-4-5-6-7-8-9-10-11-14-17-20-24-32-25-23-26-34(31-32)38-30-22-19-16-13-12-15-18-21-27-35(37)36-33-28-29-33/h23,25-26,31,33H,2-22,24,27-30H2,1H3,(H,36,37). The van der Waals surface area contributed by atoms with Crippen LogP contribution in [0.15, 0.2) is 24.3 Å². The van der Waals surface area contributed by atoms with E-state index >= 15 is 0 Å². The Morgan fingerprint density at radius 1 is 0.711 bits per heavy atom. The normalized spacial score (nSPS) is 13.1. The van der Waals surface area contributed by atoms with Crippen LogP contribution in [0.4, 0.5) is 0 Å². The first-order chi connectivity index (χ1) is 18.8. The van der Waals surface area contributed by atoms with Crippen LogP contribution in [0, 0.1) is 0 Å². The van der Waals surface area contributed by atoms with Gasteiger partial charge in [-0.15, -0.1) is 0 Å². The molecule has 0 atom stereocenters. The van der Waals surface area contributed by atoms with Crippen molar-refractivity contribution in [2.24, 2.45) is 0 Å². The predicted molar refractivity (Wildman–Crippen MR) is 164 cm³/mol. The van der Waals surface area contributed by atoms with Gasteiger partial charge in [-0.25, -0.2) is 0 Å². The Kier molecular flexibility index (Phi) is 20.1. The molecule has 1 aromatic carbocycles. The molecule has 1 amide bonds. The highest BCUT2D eigenvalue weighted by Crippen LogP contribution is 2.20. The van der Waals surface area contributed by atoms with E-state index in [4.69, 9.17) is 4.74 Å². The average molecular weight is 528 g/mol. The molecule has 1 aromatic rings. The molecule has 0 unspecified atom stereocenters. The van der Waals surface area contributed by atoms with Crippen LogP contribution in [-0.4, -0.2) is 18.6 Å². The Morgan fingerprint density at radius 2 is 1.24 bits per heavy atom. The summed E-state index contributed by atoms with van der Waals surface area (Å²) in [6.07, 6.45) is 32.4. The smallest absolute Gasteiger partial charge is 0.220 e. The van der Waals surface area contributed by atoms with Crippen molar-refractivity contribution >= 4 is 5.91 Å². The maximum atomic E-state index is 11.7. The number of carbonyl (C=O) groups excluding carboxylic acids is 1. The van der Waals surface area contributed by atoms with Crippen molar-refractivity contribution in [3.8, 4) is 5.75 Å². The van der Waals surface area contributed by atoms with Crippen molar-refractivity contribution in [1.82, 2.24) is 5.32 Å². The summed E-state index contributed by atoms with van der Waals surface area (Å²) in [4.78, 5) is 11.7. The Bertz CT molecular complexity index is 684. The molecule has 1 saturated carbocycles. The Labute approximate surface area is 236 Å². The van der Waals surface area contributed by atoms with Gasteiger partial charge in [-0.3, -0.25) is 4.79 Å². The number of ether oxygens (including phenoxy) is 1. The largest absolute Gasteiger partial charge is 0.494 e. The third-order valence-corrected chi connectivity index (χ3v) is 7.98. The fourth-order valence-corrected chi connectivity index (χ4v) is 5.30. The maximum absolute atomic E-state index is 11.7. The van der Waals surface area contributed by atoms with Gasteiger partial charge in [-0.2, -0.15) is 0 Å². The van der Waals surface area contributed by atoms with Crippen LogP contribution in [0.25, 0.3) is 0 Å². The summed E-state index contributed by atoms with van der Waals surface area (Å²) in [6, 6.07) is 9.28. The van der Waals surface area contributed by atoms with E-state index < -0.39 is 0 Å². The van der Waals surface area contributed by atoms with E-state index in [1.54, 1.807) is 0 Å². The van der Waals surface area contributed by atoms with Gasteiger partial charge in [0.2, 0.25) is 5.91 Å². The quantitative estimate of drug-likeness (QED) is 0.116. The Hall–Kier alpha value is -1.51. The Balaban J connectivity index is 1.33. The molecule has 0 bridgehead atoms. The molecule has 2 rings (SSSR count). The molecule has 0 aromatic heterocycles. The van der Waals surface area contributed by atoms with Gasteiger partial charge in [0.05, 0.1) is 6.61 Å². The molecule has 38 heavy (non-hydrogen) atoms. The molecule has 1 aliphatic rings.